The first kappa shape index (κ1) is 25.1. The molecule has 1 heterocycles. The van der Waals surface area contributed by atoms with Gasteiger partial charge in [-0.15, -0.1) is 0 Å². The molecule has 7 nitrogen and oxygen atoms in total. The molecule has 2 aromatic rings. The third-order valence-electron chi connectivity index (χ3n) is 5.03. The van der Waals surface area contributed by atoms with Crippen LogP contribution in [0.1, 0.15) is 25.0 Å². The van der Waals surface area contributed by atoms with E-state index in [-0.39, 0.29) is 49.1 Å². The van der Waals surface area contributed by atoms with E-state index in [0.29, 0.717) is 5.56 Å². The molecule has 0 saturated carbocycles. The SMILES string of the molecule is CC(C)CN(CC1Cc2c(cc(OCc3ccccc3)c(NC(=O)C(F)(F)F)c2F)O1)C(=O)O. The van der Waals surface area contributed by atoms with Crippen molar-refractivity contribution in [3.63, 3.8) is 0 Å². The molecule has 34 heavy (non-hydrogen) atoms. The number of nitrogens with zero attached hydrogens (tertiary/aromatic N) is 1. The molecule has 11 heteroatoms. The highest BCUT2D eigenvalue weighted by Crippen LogP contribution is 2.42. The van der Waals surface area contributed by atoms with Crippen LogP contribution in [0.4, 0.5) is 28.0 Å². The van der Waals surface area contributed by atoms with Crippen LogP contribution < -0.4 is 14.8 Å². The van der Waals surface area contributed by atoms with Crippen molar-refractivity contribution in [2.75, 3.05) is 18.4 Å². The Balaban J connectivity index is 1.88. The molecule has 0 aromatic heterocycles. The van der Waals surface area contributed by atoms with Gasteiger partial charge in [-0.1, -0.05) is 44.2 Å². The Morgan fingerprint density at radius 2 is 1.94 bits per heavy atom. The van der Waals surface area contributed by atoms with Crippen LogP contribution in [-0.2, 0) is 17.8 Å². The summed E-state index contributed by atoms with van der Waals surface area (Å²) in [6.45, 7) is 3.74. The summed E-state index contributed by atoms with van der Waals surface area (Å²) in [4.78, 5) is 24.2. The minimum Gasteiger partial charge on any atom is -0.488 e. The zero-order chi connectivity index (χ0) is 25.0. The zero-order valence-corrected chi connectivity index (χ0v) is 18.5. The number of carbonyl (C=O) groups is 2. The number of benzene rings is 2. The maximum absolute atomic E-state index is 15.3. The van der Waals surface area contributed by atoms with Gasteiger partial charge in [-0.2, -0.15) is 13.2 Å². The van der Waals surface area contributed by atoms with Crippen molar-refractivity contribution in [3.05, 3.63) is 53.3 Å². The van der Waals surface area contributed by atoms with Gasteiger partial charge in [0.2, 0.25) is 0 Å². The van der Waals surface area contributed by atoms with Crippen molar-refractivity contribution in [3.8, 4) is 11.5 Å². The van der Waals surface area contributed by atoms with Crippen LogP contribution in [0.5, 0.6) is 11.5 Å². The monoisotopic (exact) mass is 484 g/mol. The molecular weight excluding hydrogens is 460 g/mol. The fourth-order valence-corrected chi connectivity index (χ4v) is 3.56. The highest BCUT2D eigenvalue weighted by molar-refractivity contribution is 5.96. The first-order chi connectivity index (χ1) is 16.0. The van der Waals surface area contributed by atoms with E-state index >= 15 is 4.39 Å². The smallest absolute Gasteiger partial charge is 0.471 e. The van der Waals surface area contributed by atoms with E-state index in [4.69, 9.17) is 9.47 Å². The predicted octanol–water partition coefficient (Wildman–Crippen LogP) is 4.85. The van der Waals surface area contributed by atoms with Crippen molar-refractivity contribution >= 4 is 17.7 Å². The number of anilines is 1. The number of amides is 2. The fraction of sp³-hybridized carbons (Fsp3) is 0.391. The average molecular weight is 484 g/mol. The van der Waals surface area contributed by atoms with E-state index in [1.54, 1.807) is 35.6 Å². The van der Waals surface area contributed by atoms with E-state index in [0.717, 1.165) is 4.90 Å². The van der Waals surface area contributed by atoms with Crippen molar-refractivity contribution in [2.24, 2.45) is 5.92 Å². The van der Waals surface area contributed by atoms with Gasteiger partial charge in [0.25, 0.3) is 0 Å². The minimum atomic E-state index is -5.24. The van der Waals surface area contributed by atoms with Crippen molar-refractivity contribution in [1.82, 2.24) is 4.90 Å². The van der Waals surface area contributed by atoms with E-state index in [1.807, 2.05) is 13.8 Å². The molecule has 0 radical (unpaired) electrons. The summed E-state index contributed by atoms with van der Waals surface area (Å²) in [7, 11) is 0. The van der Waals surface area contributed by atoms with Crippen molar-refractivity contribution in [1.29, 1.82) is 0 Å². The molecule has 0 aliphatic carbocycles. The van der Waals surface area contributed by atoms with Crippen LogP contribution in [0.15, 0.2) is 36.4 Å². The number of rotatable bonds is 8. The summed E-state index contributed by atoms with van der Waals surface area (Å²) in [5, 5.41) is 11.0. The van der Waals surface area contributed by atoms with Gasteiger partial charge in [-0.3, -0.25) is 4.79 Å². The molecule has 2 amide bonds. The van der Waals surface area contributed by atoms with Crippen molar-refractivity contribution in [2.45, 2.75) is 39.2 Å². The Morgan fingerprint density at radius 3 is 2.53 bits per heavy atom. The Morgan fingerprint density at radius 1 is 1.26 bits per heavy atom. The molecule has 1 aliphatic rings. The van der Waals surface area contributed by atoms with Gasteiger partial charge in [0.15, 0.2) is 5.82 Å². The van der Waals surface area contributed by atoms with Crippen LogP contribution >= 0.6 is 0 Å². The summed E-state index contributed by atoms with van der Waals surface area (Å²) in [5.74, 6) is -3.74. The van der Waals surface area contributed by atoms with E-state index in [2.05, 4.69) is 0 Å². The number of carboxylic acid groups (broad SMARTS) is 1. The highest BCUT2D eigenvalue weighted by Gasteiger charge is 2.41. The van der Waals surface area contributed by atoms with Gasteiger partial charge in [0.1, 0.15) is 29.9 Å². The number of alkyl halides is 3. The molecule has 2 aromatic carbocycles. The Hall–Kier alpha value is -3.50. The molecule has 1 aliphatic heterocycles. The van der Waals surface area contributed by atoms with Crippen LogP contribution in [0, 0.1) is 11.7 Å². The molecule has 0 spiro atoms. The highest BCUT2D eigenvalue weighted by atomic mass is 19.4. The standard InChI is InChI=1S/C23H24F4N2O5/c1-13(2)10-29(22(31)32)11-15-8-16-17(34-15)9-18(33-12-14-6-4-3-5-7-14)20(19(16)24)28-21(30)23(25,26)27/h3-7,9,13,15H,8,10-12H2,1-2H3,(H,28,30)(H,31,32). The summed E-state index contributed by atoms with van der Waals surface area (Å²) in [6.07, 6.45) is -7.25. The topological polar surface area (TPSA) is 88.1 Å². The molecule has 0 bridgehead atoms. The molecule has 2 N–H and O–H groups in total. The lowest BCUT2D eigenvalue weighted by molar-refractivity contribution is -0.167. The van der Waals surface area contributed by atoms with Crippen LogP contribution in [-0.4, -0.2) is 47.4 Å². The third-order valence-corrected chi connectivity index (χ3v) is 5.03. The lowest BCUT2D eigenvalue weighted by Gasteiger charge is -2.24. The van der Waals surface area contributed by atoms with Gasteiger partial charge < -0.3 is 24.8 Å². The summed E-state index contributed by atoms with van der Waals surface area (Å²) < 4.78 is 65.1. The fourth-order valence-electron chi connectivity index (χ4n) is 3.56. The quantitative estimate of drug-likeness (QED) is 0.524. The Bertz CT molecular complexity index is 1040. The number of nitrogens with one attached hydrogen (secondary N) is 1. The second-order valence-electron chi connectivity index (χ2n) is 8.29. The Labute approximate surface area is 193 Å². The number of carbonyl (C=O) groups excluding carboxylic acids is 1. The van der Waals surface area contributed by atoms with Gasteiger partial charge >= 0.3 is 18.2 Å². The van der Waals surface area contributed by atoms with Crippen molar-refractivity contribution < 1.29 is 41.7 Å². The molecule has 1 atom stereocenters. The second-order valence-corrected chi connectivity index (χ2v) is 8.29. The normalized spacial score (nSPS) is 15.0. The summed E-state index contributed by atoms with van der Waals surface area (Å²) in [5.41, 5.74) is -0.149. The molecule has 184 valence electrons. The maximum atomic E-state index is 15.3. The van der Waals surface area contributed by atoms with Gasteiger partial charge in [-0.05, 0) is 11.5 Å². The third kappa shape index (κ3) is 6.09. The Kier molecular flexibility index (Phi) is 7.53. The minimum absolute atomic E-state index is 0.0189. The molecule has 1 unspecified atom stereocenters. The van der Waals surface area contributed by atoms with E-state index < -0.39 is 35.8 Å². The molecule has 0 fully saturated rings. The summed E-state index contributed by atoms with van der Waals surface area (Å²) >= 11 is 0. The van der Waals surface area contributed by atoms with Gasteiger partial charge in [0.05, 0.1) is 6.54 Å². The predicted molar refractivity (Wildman–Crippen MR) is 114 cm³/mol. The molecular formula is C23H24F4N2O5. The average Bonchev–Trinajstić information content (AvgIpc) is 3.16. The second kappa shape index (κ2) is 10.2. The van der Waals surface area contributed by atoms with Crippen LogP contribution in [0.2, 0.25) is 0 Å². The number of fused-ring (bicyclic) bond motifs is 1. The molecule has 0 saturated heterocycles. The zero-order valence-electron chi connectivity index (χ0n) is 18.5. The maximum Gasteiger partial charge on any atom is 0.471 e. The molecule has 3 rings (SSSR count). The number of halogens is 4. The van der Waals surface area contributed by atoms with Gasteiger partial charge in [-0.25, -0.2) is 9.18 Å². The number of hydrogen-bond donors (Lipinski definition) is 2. The largest absolute Gasteiger partial charge is 0.488 e. The van der Waals surface area contributed by atoms with E-state index in [9.17, 15) is 27.9 Å². The first-order valence-electron chi connectivity index (χ1n) is 10.5. The van der Waals surface area contributed by atoms with Crippen LogP contribution in [0.25, 0.3) is 0 Å². The van der Waals surface area contributed by atoms with E-state index in [1.165, 1.54) is 6.07 Å². The van der Waals surface area contributed by atoms with Gasteiger partial charge in [0, 0.05) is 24.6 Å². The first-order valence-corrected chi connectivity index (χ1v) is 10.5. The van der Waals surface area contributed by atoms with Crippen LogP contribution in [0.3, 0.4) is 0 Å². The number of ether oxygens (including phenoxy) is 2. The number of hydrogen-bond acceptors (Lipinski definition) is 4. The summed E-state index contributed by atoms with van der Waals surface area (Å²) in [6, 6.07) is 9.85. The lowest BCUT2D eigenvalue weighted by atomic mass is 10.1. The lowest BCUT2D eigenvalue weighted by Crippen LogP contribution is -2.40.